The zero-order valence-corrected chi connectivity index (χ0v) is 16.4. The number of H-pyrrole nitrogens is 1. The van der Waals surface area contributed by atoms with E-state index in [2.05, 4.69) is 33.0 Å². The molecule has 6 heteroatoms. The molecule has 6 nitrogen and oxygen atoms in total. The lowest BCUT2D eigenvalue weighted by molar-refractivity contribution is -0.122. The SMILES string of the molecule is O=C(CCc1ccccc1)NC1CCCC(Nc2n[nH]c(=O)c3ccccc23)C1. The Morgan fingerprint density at radius 2 is 1.72 bits per heavy atom. The highest BCUT2D eigenvalue weighted by atomic mass is 16.1. The van der Waals surface area contributed by atoms with Crippen molar-refractivity contribution in [2.45, 2.75) is 50.6 Å². The van der Waals surface area contributed by atoms with E-state index in [1.807, 2.05) is 36.4 Å². The van der Waals surface area contributed by atoms with E-state index in [1.54, 1.807) is 6.07 Å². The highest BCUT2D eigenvalue weighted by Crippen LogP contribution is 2.24. The molecule has 1 amide bonds. The second-order valence-corrected chi connectivity index (χ2v) is 7.70. The summed E-state index contributed by atoms with van der Waals surface area (Å²) in [5.41, 5.74) is 1.00. The van der Waals surface area contributed by atoms with Gasteiger partial charge in [0, 0.05) is 23.9 Å². The number of carbonyl (C=O) groups excluding carboxylic acids is 1. The normalized spacial score (nSPS) is 19.0. The van der Waals surface area contributed by atoms with Gasteiger partial charge in [-0.3, -0.25) is 9.59 Å². The lowest BCUT2D eigenvalue weighted by Crippen LogP contribution is -2.42. The molecule has 150 valence electrons. The van der Waals surface area contributed by atoms with Crippen molar-refractivity contribution >= 4 is 22.5 Å². The van der Waals surface area contributed by atoms with E-state index >= 15 is 0 Å². The molecule has 1 fully saturated rings. The van der Waals surface area contributed by atoms with Gasteiger partial charge >= 0.3 is 0 Å². The van der Waals surface area contributed by atoms with E-state index < -0.39 is 0 Å². The summed E-state index contributed by atoms with van der Waals surface area (Å²) in [5, 5.41) is 14.9. The number of hydrogen-bond donors (Lipinski definition) is 3. The molecule has 1 saturated carbocycles. The quantitative estimate of drug-likeness (QED) is 0.602. The molecule has 0 aliphatic heterocycles. The Bertz CT molecular complexity index is 1030. The molecule has 0 radical (unpaired) electrons. The number of nitrogens with zero attached hydrogens (tertiary/aromatic N) is 1. The lowest BCUT2D eigenvalue weighted by atomic mass is 9.90. The summed E-state index contributed by atoms with van der Waals surface area (Å²) in [7, 11) is 0. The highest BCUT2D eigenvalue weighted by Gasteiger charge is 2.24. The monoisotopic (exact) mass is 390 g/mol. The molecule has 29 heavy (non-hydrogen) atoms. The number of aromatic amines is 1. The van der Waals surface area contributed by atoms with Crippen LogP contribution in [0.15, 0.2) is 59.4 Å². The van der Waals surface area contributed by atoms with Crippen LogP contribution in [0.25, 0.3) is 10.8 Å². The third kappa shape index (κ3) is 4.83. The van der Waals surface area contributed by atoms with Gasteiger partial charge in [0.1, 0.15) is 0 Å². The molecule has 4 rings (SSSR count). The molecule has 1 aliphatic rings. The Kier molecular flexibility index (Phi) is 5.89. The molecule has 0 spiro atoms. The molecule has 1 heterocycles. The minimum atomic E-state index is -0.182. The maximum Gasteiger partial charge on any atom is 0.272 e. The molecule has 2 aromatic carbocycles. The maximum absolute atomic E-state index is 12.4. The van der Waals surface area contributed by atoms with Crippen molar-refractivity contribution in [3.05, 3.63) is 70.5 Å². The molecule has 1 aromatic heterocycles. The van der Waals surface area contributed by atoms with Crippen molar-refractivity contribution in [2.24, 2.45) is 0 Å². The van der Waals surface area contributed by atoms with Crippen LogP contribution in [-0.4, -0.2) is 28.2 Å². The Hall–Kier alpha value is -3.15. The van der Waals surface area contributed by atoms with Gasteiger partial charge in [0.2, 0.25) is 5.91 Å². The van der Waals surface area contributed by atoms with Crippen LogP contribution >= 0.6 is 0 Å². The largest absolute Gasteiger partial charge is 0.365 e. The van der Waals surface area contributed by atoms with Gasteiger partial charge in [-0.05, 0) is 43.7 Å². The topological polar surface area (TPSA) is 86.9 Å². The second kappa shape index (κ2) is 8.90. The van der Waals surface area contributed by atoms with Gasteiger partial charge in [-0.25, -0.2) is 5.10 Å². The van der Waals surface area contributed by atoms with Gasteiger partial charge in [0.15, 0.2) is 5.82 Å². The summed E-state index contributed by atoms with van der Waals surface area (Å²) >= 11 is 0. The van der Waals surface area contributed by atoms with Gasteiger partial charge < -0.3 is 10.6 Å². The number of carbonyl (C=O) groups is 1. The number of anilines is 1. The number of nitrogens with one attached hydrogen (secondary N) is 3. The number of hydrogen-bond acceptors (Lipinski definition) is 4. The number of rotatable bonds is 6. The zero-order valence-electron chi connectivity index (χ0n) is 16.4. The van der Waals surface area contributed by atoms with E-state index in [0.717, 1.165) is 37.5 Å². The number of aromatic nitrogens is 2. The summed E-state index contributed by atoms with van der Waals surface area (Å²) in [6.07, 6.45) is 5.18. The first-order valence-electron chi connectivity index (χ1n) is 10.3. The fourth-order valence-corrected chi connectivity index (χ4v) is 4.07. The first kappa shape index (κ1) is 19.2. The minimum Gasteiger partial charge on any atom is -0.365 e. The van der Waals surface area contributed by atoms with E-state index in [-0.39, 0.29) is 23.6 Å². The molecule has 3 N–H and O–H groups in total. The lowest BCUT2D eigenvalue weighted by Gasteiger charge is -2.30. The molecule has 2 unspecified atom stereocenters. The Labute approximate surface area is 169 Å². The highest BCUT2D eigenvalue weighted by molar-refractivity contribution is 5.90. The third-order valence-electron chi connectivity index (χ3n) is 5.56. The summed E-state index contributed by atoms with van der Waals surface area (Å²) < 4.78 is 0. The first-order chi connectivity index (χ1) is 14.2. The molecule has 2 atom stereocenters. The van der Waals surface area contributed by atoms with Crippen LogP contribution in [-0.2, 0) is 11.2 Å². The average Bonchev–Trinajstić information content (AvgIpc) is 2.75. The van der Waals surface area contributed by atoms with Crippen LogP contribution in [0.2, 0.25) is 0 Å². The van der Waals surface area contributed by atoms with Crippen LogP contribution in [0.4, 0.5) is 5.82 Å². The third-order valence-corrected chi connectivity index (χ3v) is 5.56. The number of benzene rings is 2. The van der Waals surface area contributed by atoms with Crippen LogP contribution in [0.3, 0.4) is 0 Å². The standard InChI is InChI=1S/C23H26N4O2/c28-21(14-13-16-7-2-1-3-8-16)24-17-9-6-10-18(15-17)25-22-19-11-4-5-12-20(19)23(29)27-26-22/h1-5,7-8,11-12,17-18H,6,9-10,13-15H2,(H,24,28)(H,25,26)(H,27,29). The van der Waals surface area contributed by atoms with Crippen LogP contribution < -0.4 is 16.2 Å². The van der Waals surface area contributed by atoms with Crippen molar-refractivity contribution in [1.82, 2.24) is 15.5 Å². The molecule has 0 saturated heterocycles. The fraction of sp³-hybridized carbons (Fsp3) is 0.348. The summed E-state index contributed by atoms with van der Waals surface area (Å²) in [4.78, 5) is 24.3. The summed E-state index contributed by atoms with van der Waals surface area (Å²) in [6, 6.07) is 17.9. The van der Waals surface area contributed by atoms with E-state index in [1.165, 1.54) is 5.56 Å². The molecular weight excluding hydrogens is 364 g/mol. The predicted octanol–water partition coefficient (Wildman–Crippen LogP) is 3.40. The van der Waals surface area contributed by atoms with Crippen molar-refractivity contribution in [3.63, 3.8) is 0 Å². The average molecular weight is 390 g/mol. The molecular formula is C23H26N4O2. The minimum absolute atomic E-state index is 0.104. The van der Waals surface area contributed by atoms with Gasteiger partial charge in [-0.1, -0.05) is 48.5 Å². The summed E-state index contributed by atoms with van der Waals surface area (Å²) in [6.45, 7) is 0. The van der Waals surface area contributed by atoms with Gasteiger partial charge in [0.25, 0.3) is 5.56 Å². The Morgan fingerprint density at radius 3 is 2.55 bits per heavy atom. The van der Waals surface area contributed by atoms with Crippen molar-refractivity contribution in [3.8, 4) is 0 Å². The number of fused-ring (bicyclic) bond motifs is 1. The summed E-state index contributed by atoms with van der Waals surface area (Å²) in [5.74, 6) is 0.799. The van der Waals surface area contributed by atoms with Crippen LogP contribution in [0.1, 0.15) is 37.7 Å². The Balaban J connectivity index is 1.35. The van der Waals surface area contributed by atoms with Crippen molar-refractivity contribution < 1.29 is 4.79 Å². The van der Waals surface area contributed by atoms with Crippen molar-refractivity contribution in [2.75, 3.05) is 5.32 Å². The zero-order chi connectivity index (χ0) is 20.1. The van der Waals surface area contributed by atoms with Crippen LogP contribution in [0, 0.1) is 0 Å². The Morgan fingerprint density at radius 1 is 1.00 bits per heavy atom. The van der Waals surface area contributed by atoms with Crippen LogP contribution in [0.5, 0.6) is 0 Å². The number of aryl methyl sites for hydroxylation is 1. The van der Waals surface area contributed by atoms with E-state index in [4.69, 9.17) is 0 Å². The van der Waals surface area contributed by atoms with E-state index in [9.17, 15) is 9.59 Å². The maximum atomic E-state index is 12.4. The fourth-order valence-electron chi connectivity index (χ4n) is 4.07. The second-order valence-electron chi connectivity index (χ2n) is 7.70. The van der Waals surface area contributed by atoms with E-state index in [0.29, 0.717) is 17.6 Å². The molecule has 3 aromatic rings. The van der Waals surface area contributed by atoms with Gasteiger partial charge in [0.05, 0.1) is 5.39 Å². The van der Waals surface area contributed by atoms with Gasteiger partial charge in [-0.15, -0.1) is 0 Å². The number of amides is 1. The predicted molar refractivity (Wildman–Crippen MR) is 115 cm³/mol. The van der Waals surface area contributed by atoms with Crippen molar-refractivity contribution in [1.29, 1.82) is 0 Å². The smallest absolute Gasteiger partial charge is 0.272 e. The molecule has 1 aliphatic carbocycles. The molecule has 0 bridgehead atoms. The van der Waals surface area contributed by atoms with Gasteiger partial charge in [-0.2, -0.15) is 5.10 Å². The first-order valence-corrected chi connectivity index (χ1v) is 10.3.